The Labute approximate surface area is 118 Å². The summed E-state index contributed by atoms with van der Waals surface area (Å²) in [7, 11) is 1.60. The molecule has 0 saturated carbocycles. The Morgan fingerprint density at radius 1 is 1.42 bits per heavy atom. The second-order valence-electron chi connectivity index (χ2n) is 4.12. The molecular formula is C12H12N4OS2. The Bertz CT molecular complexity index is 786. The average Bonchev–Trinajstić information content (AvgIpc) is 2.94. The van der Waals surface area contributed by atoms with Crippen LogP contribution in [-0.2, 0) is 6.54 Å². The van der Waals surface area contributed by atoms with E-state index in [-0.39, 0.29) is 0 Å². The molecule has 3 rings (SSSR count). The molecule has 0 aliphatic heterocycles. The van der Waals surface area contributed by atoms with Crippen molar-refractivity contribution in [2.24, 2.45) is 0 Å². The van der Waals surface area contributed by atoms with Crippen LogP contribution in [-0.4, -0.2) is 26.6 Å². The molecule has 0 unspecified atom stereocenters. The fourth-order valence-corrected chi connectivity index (χ4v) is 2.90. The van der Waals surface area contributed by atoms with Crippen LogP contribution in [0, 0.1) is 11.7 Å². The zero-order chi connectivity index (χ0) is 13.4. The number of fused-ring (bicyclic) bond motifs is 1. The van der Waals surface area contributed by atoms with E-state index in [0.29, 0.717) is 17.2 Å². The van der Waals surface area contributed by atoms with Gasteiger partial charge in [0, 0.05) is 17.1 Å². The van der Waals surface area contributed by atoms with Gasteiger partial charge in [0.05, 0.1) is 19.2 Å². The molecule has 0 bridgehead atoms. The Balaban J connectivity index is 2.11. The number of aryl methyl sites for hydroxylation is 1. The molecule has 3 aromatic heterocycles. The number of thiazole rings is 1. The van der Waals surface area contributed by atoms with E-state index < -0.39 is 0 Å². The van der Waals surface area contributed by atoms with E-state index in [9.17, 15) is 0 Å². The number of nitrogens with one attached hydrogen (secondary N) is 1. The number of hydrogen-bond acceptors (Lipinski definition) is 5. The number of imidazole rings is 1. The Morgan fingerprint density at radius 3 is 2.95 bits per heavy atom. The molecule has 0 atom stereocenters. The fourth-order valence-electron chi connectivity index (χ4n) is 1.88. The van der Waals surface area contributed by atoms with Crippen LogP contribution in [0.1, 0.15) is 10.7 Å². The van der Waals surface area contributed by atoms with Crippen molar-refractivity contribution in [2.75, 3.05) is 7.11 Å². The van der Waals surface area contributed by atoms with Crippen molar-refractivity contribution < 1.29 is 4.74 Å². The van der Waals surface area contributed by atoms with Gasteiger partial charge in [-0.25, -0.2) is 4.98 Å². The molecule has 1 N–H and O–H groups in total. The Morgan fingerprint density at radius 2 is 2.26 bits per heavy atom. The maximum atomic E-state index is 5.34. The molecule has 0 radical (unpaired) electrons. The van der Waals surface area contributed by atoms with Crippen molar-refractivity contribution in [3.8, 4) is 5.88 Å². The van der Waals surface area contributed by atoms with Crippen LogP contribution in [0.3, 0.4) is 0 Å². The molecule has 0 aliphatic rings. The molecule has 0 aliphatic carbocycles. The van der Waals surface area contributed by atoms with E-state index in [4.69, 9.17) is 17.0 Å². The van der Waals surface area contributed by atoms with E-state index in [1.54, 1.807) is 18.4 Å². The van der Waals surface area contributed by atoms with E-state index >= 15 is 0 Å². The van der Waals surface area contributed by atoms with Gasteiger partial charge in [-0.1, -0.05) is 0 Å². The Hall–Kier alpha value is -1.73. The molecule has 7 heteroatoms. The summed E-state index contributed by atoms with van der Waals surface area (Å²) in [5.74, 6) is 0.575. The highest BCUT2D eigenvalue weighted by atomic mass is 32.1. The van der Waals surface area contributed by atoms with Gasteiger partial charge in [0.25, 0.3) is 0 Å². The summed E-state index contributed by atoms with van der Waals surface area (Å²) in [6, 6.07) is 3.73. The largest absolute Gasteiger partial charge is 0.481 e. The zero-order valence-electron chi connectivity index (χ0n) is 10.5. The van der Waals surface area contributed by atoms with Gasteiger partial charge in [0.15, 0.2) is 10.4 Å². The lowest BCUT2D eigenvalue weighted by atomic mass is 10.4. The summed E-state index contributed by atoms with van der Waals surface area (Å²) in [5, 5.41) is 3.04. The molecule has 0 saturated heterocycles. The average molecular weight is 292 g/mol. The lowest BCUT2D eigenvalue weighted by Gasteiger charge is -2.02. The second-order valence-corrected chi connectivity index (χ2v) is 5.45. The molecule has 3 heterocycles. The van der Waals surface area contributed by atoms with Gasteiger partial charge >= 0.3 is 0 Å². The smallest absolute Gasteiger partial charge is 0.215 e. The number of rotatable bonds is 3. The first-order valence-electron chi connectivity index (χ1n) is 5.72. The number of ether oxygens (including phenoxy) is 1. The summed E-state index contributed by atoms with van der Waals surface area (Å²) in [6.45, 7) is 2.60. The highest BCUT2D eigenvalue weighted by Gasteiger charge is 2.09. The van der Waals surface area contributed by atoms with Gasteiger partial charge in [-0.05, 0) is 25.2 Å². The van der Waals surface area contributed by atoms with Crippen molar-refractivity contribution in [1.29, 1.82) is 0 Å². The number of nitrogens with zero attached hydrogens (tertiary/aromatic N) is 3. The van der Waals surface area contributed by atoms with Crippen molar-refractivity contribution in [3.05, 3.63) is 33.0 Å². The van der Waals surface area contributed by atoms with Gasteiger partial charge in [0.2, 0.25) is 5.88 Å². The van der Waals surface area contributed by atoms with Gasteiger partial charge < -0.3 is 9.72 Å². The van der Waals surface area contributed by atoms with Crippen molar-refractivity contribution >= 4 is 34.7 Å². The molecule has 5 nitrogen and oxygen atoms in total. The lowest BCUT2D eigenvalue weighted by molar-refractivity contribution is 0.399. The summed E-state index contributed by atoms with van der Waals surface area (Å²) >= 11 is 6.97. The first-order valence-corrected chi connectivity index (χ1v) is 7.01. The monoisotopic (exact) mass is 292 g/mol. The third-order valence-corrected chi connectivity index (χ3v) is 4.03. The highest BCUT2D eigenvalue weighted by molar-refractivity contribution is 7.71. The molecule has 98 valence electrons. The third-order valence-electron chi connectivity index (χ3n) is 2.76. The van der Waals surface area contributed by atoms with E-state index in [1.165, 1.54) is 0 Å². The molecule has 0 amide bonds. The van der Waals surface area contributed by atoms with Crippen molar-refractivity contribution in [3.63, 3.8) is 0 Å². The first kappa shape index (κ1) is 12.3. The van der Waals surface area contributed by atoms with Crippen molar-refractivity contribution in [2.45, 2.75) is 13.5 Å². The standard InChI is InChI=1S/C12H12N4OS2/c1-7-6-19-10(13-7)5-16-11-8(14-12(16)18)3-4-9(15-11)17-2/h3-4,6H,5H2,1-2H3,(H,14,18). The molecule has 19 heavy (non-hydrogen) atoms. The normalized spacial score (nSPS) is 11.1. The summed E-state index contributed by atoms with van der Waals surface area (Å²) in [6.07, 6.45) is 0. The fraction of sp³-hybridized carbons (Fsp3) is 0.250. The predicted octanol–water partition coefficient (Wildman–Crippen LogP) is 2.92. The topological polar surface area (TPSA) is 55.7 Å². The maximum absolute atomic E-state index is 5.34. The Kier molecular flexibility index (Phi) is 3.08. The predicted molar refractivity (Wildman–Crippen MR) is 77.4 cm³/mol. The number of pyridine rings is 1. The van der Waals surface area contributed by atoms with Gasteiger partial charge in [-0.2, -0.15) is 4.98 Å². The first-order chi connectivity index (χ1) is 9.17. The van der Waals surface area contributed by atoms with Crippen LogP contribution in [0.2, 0.25) is 0 Å². The highest BCUT2D eigenvalue weighted by Crippen LogP contribution is 2.19. The summed E-state index contributed by atoms with van der Waals surface area (Å²) in [4.78, 5) is 12.0. The van der Waals surface area contributed by atoms with Gasteiger partial charge in [0.1, 0.15) is 5.01 Å². The van der Waals surface area contributed by atoms with Crippen LogP contribution in [0.25, 0.3) is 11.2 Å². The van der Waals surface area contributed by atoms with E-state index in [2.05, 4.69) is 15.0 Å². The van der Waals surface area contributed by atoms with E-state index in [0.717, 1.165) is 21.9 Å². The number of hydrogen-bond donors (Lipinski definition) is 1. The molecule has 0 fully saturated rings. The minimum Gasteiger partial charge on any atom is -0.481 e. The SMILES string of the molecule is COc1ccc2[nH]c(=S)n(Cc3nc(C)cs3)c2n1. The maximum Gasteiger partial charge on any atom is 0.215 e. The third kappa shape index (κ3) is 2.26. The minimum atomic E-state index is 0.575. The summed E-state index contributed by atoms with van der Waals surface area (Å²) in [5.41, 5.74) is 2.72. The van der Waals surface area contributed by atoms with Crippen LogP contribution in [0.15, 0.2) is 17.5 Å². The molecule has 0 spiro atoms. The second kappa shape index (κ2) is 4.75. The van der Waals surface area contributed by atoms with Crippen LogP contribution in [0.4, 0.5) is 0 Å². The zero-order valence-corrected chi connectivity index (χ0v) is 12.1. The summed E-state index contributed by atoms with van der Waals surface area (Å²) < 4.78 is 7.73. The number of aromatic amines is 1. The lowest BCUT2D eigenvalue weighted by Crippen LogP contribution is -2.01. The van der Waals surface area contributed by atoms with Gasteiger partial charge in [-0.3, -0.25) is 4.57 Å². The van der Waals surface area contributed by atoms with E-state index in [1.807, 2.05) is 29.0 Å². The number of H-pyrrole nitrogens is 1. The van der Waals surface area contributed by atoms with Crippen LogP contribution < -0.4 is 4.74 Å². The minimum absolute atomic E-state index is 0.575. The number of methoxy groups -OCH3 is 1. The van der Waals surface area contributed by atoms with Crippen LogP contribution >= 0.6 is 23.6 Å². The molecular weight excluding hydrogens is 280 g/mol. The van der Waals surface area contributed by atoms with Gasteiger partial charge in [-0.15, -0.1) is 11.3 Å². The number of aromatic nitrogens is 4. The van der Waals surface area contributed by atoms with Crippen LogP contribution in [0.5, 0.6) is 5.88 Å². The van der Waals surface area contributed by atoms with Crippen molar-refractivity contribution in [1.82, 2.24) is 19.5 Å². The molecule has 0 aromatic carbocycles. The quantitative estimate of drug-likeness (QED) is 0.754. The molecule has 3 aromatic rings.